The van der Waals surface area contributed by atoms with Crippen LogP contribution in [0.4, 0.5) is 0 Å². The van der Waals surface area contributed by atoms with E-state index in [-0.39, 0.29) is 5.43 Å². The fraction of sp³-hybridized carbons (Fsp3) is 0.643. The van der Waals surface area contributed by atoms with E-state index in [9.17, 15) is 4.79 Å². The molecule has 0 amide bonds. The van der Waals surface area contributed by atoms with Gasteiger partial charge in [-0.2, -0.15) is 0 Å². The van der Waals surface area contributed by atoms with E-state index in [4.69, 9.17) is 9.15 Å². The van der Waals surface area contributed by atoms with Crippen molar-refractivity contribution in [3.8, 4) is 5.75 Å². The number of hydrogen-bond acceptors (Lipinski definition) is 4. The zero-order valence-electron chi connectivity index (χ0n) is 11.0. The monoisotopic (exact) mass is 251 g/mol. The van der Waals surface area contributed by atoms with Crippen LogP contribution in [-0.4, -0.2) is 31.1 Å². The van der Waals surface area contributed by atoms with Crippen molar-refractivity contribution in [2.24, 2.45) is 0 Å². The maximum Gasteiger partial charge on any atom is 0.226 e. The Morgan fingerprint density at radius 2 is 2.11 bits per heavy atom. The van der Waals surface area contributed by atoms with Gasteiger partial charge in [0.25, 0.3) is 0 Å². The SMILES string of the molecule is Cc1cc(=O)c(OCCCN2CCCCC2)co1. The molecular formula is C14H21NO3. The number of likely N-dealkylation sites (tertiary alicyclic amines) is 1. The van der Waals surface area contributed by atoms with Crippen LogP contribution < -0.4 is 10.2 Å². The third-order valence-electron chi connectivity index (χ3n) is 3.25. The van der Waals surface area contributed by atoms with E-state index in [1.54, 1.807) is 6.92 Å². The van der Waals surface area contributed by atoms with Gasteiger partial charge in [0.1, 0.15) is 12.0 Å². The first-order valence-electron chi connectivity index (χ1n) is 6.70. The minimum Gasteiger partial charge on any atom is -0.487 e. The van der Waals surface area contributed by atoms with Crippen molar-refractivity contribution >= 4 is 0 Å². The van der Waals surface area contributed by atoms with E-state index in [2.05, 4.69) is 4.90 Å². The van der Waals surface area contributed by atoms with Gasteiger partial charge >= 0.3 is 0 Å². The van der Waals surface area contributed by atoms with Gasteiger partial charge in [-0.3, -0.25) is 4.79 Å². The molecule has 1 fully saturated rings. The highest BCUT2D eigenvalue weighted by molar-refractivity contribution is 5.16. The summed E-state index contributed by atoms with van der Waals surface area (Å²) >= 11 is 0. The molecule has 2 heterocycles. The van der Waals surface area contributed by atoms with Crippen LogP contribution in [-0.2, 0) is 0 Å². The Bertz CT molecular complexity index is 421. The van der Waals surface area contributed by atoms with Gasteiger partial charge in [-0.05, 0) is 39.3 Å². The number of nitrogens with zero attached hydrogens (tertiary/aromatic N) is 1. The van der Waals surface area contributed by atoms with Crippen LogP contribution in [0.25, 0.3) is 0 Å². The van der Waals surface area contributed by atoms with E-state index in [1.807, 2.05) is 0 Å². The molecule has 4 nitrogen and oxygen atoms in total. The molecule has 0 aromatic carbocycles. The summed E-state index contributed by atoms with van der Waals surface area (Å²) in [6.45, 7) is 5.78. The number of rotatable bonds is 5. The van der Waals surface area contributed by atoms with E-state index in [0.29, 0.717) is 18.1 Å². The first-order valence-corrected chi connectivity index (χ1v) is 6.70. The maximum absolute atomic E-state index is 11.5. The summed E-state index contributed by atoms with van der Waals surface area (Å²) in [7, 11) is 0. The molecule has 0 atom stereocenters. The molecule has 1 aliphatic rings. The van der Waals surface area contributed by atoms with Gasteiger partial charge in [0, 0.05) is 12.6 Å². The molecule has 1 aromatic rings. The molecule has 0 aliphatic carbocycles. The lowest BCUT2D eigenvalue weighted by Crippen LogP contribution is -2.31. The topological polar surface area (TPSA) is 42.7 Å². The van der Waals surface area contributed by atoms with Gasteiger partial charge in [-0.15, -0.1) is 0 Å². The zero-order valence-corrected chi connectivity index (χ0v) is 11.0. The van der Waals surface area contributed by atoms with Gasteiger partial charge in [-0.1, -0.05) is 6.42 Å². The molecular weight excluding hydrogens is 230 g/mol. The Kier molecular flexibility index (Phi) is 4.81. The van der Waals surface area contributed by atoms with Gasteiger partial charge in [0.05, 0.1) is 6.61 Å². The first kappa shape index (κ1) is 13.1. The largest absolute Gasteiger partial charge is 0.487 e. The molecule has 2 rings (SSSR count). The summed E-state index contributed by atoms with van der Waals surface area (Å²) in [5.41, 5.74) is -0.100. The van der Waals surface area contributed by atoms with Crippen molar-refractivity contribution < 1.29 is 9.15 Å². The highest BCUT2D eigenvalue weighted by Crippen LogP contribution is 2.09. The van der Waals surface area contributed by atoms with Crippen LogP contribution in [0, 0.1) is 6.92 Å². The predicted molar refractivity (Wildman–Crippen MR) is 70.1 cm³/mol. The Morgan fingerprint density at radius 1 is 1.33 bits per heavy atom. The van der Waals surface area contributed by atoms with Gasteiger partial charge in [-0.25, -0.2) is 0 Å². The molecule has 0 unspecified atom stereocenters. The molecule has 0 saturated carbocycles. The molecule has 0 radical (unpaired) electrons. The second-order valence-electron chi connectivity index (χ2n) is 4.82. The Balaban J connectivity index is 1.70. The highest BCUT2D eigenvalue weighted by atomic mass is 16.5. The Morgan fingerprint density at radius 3 is 2.83 bits per heavy atom. The predicted octanol–water partition coefficient (Wildman–Crippen LogP) is 2.20. The summed E-state index contributed by atoms with van der Waals surface area (Å²) in [6.07, 6.45) is 6.33. The molecule has 4 heteroatoms. The fourth-order valence-corrected chi connectivity index (χ4v) is 2.25. The number of hydrogen-bond donors (Lipinski definition) is 0. The van der Waals surface area contributed by atoms with Crippen LogP contribution in [0.2, 0.25) is 0 Å². The van der Waals surface area contributed by atoms with E-state index in [1.165, 1.54) is 44.7 Å². The van der Waals surface area contributed by atoms with Crippen molar-refractivity contribution in [1.82, 2.24) is 4.90 Å². The Labute approximate surface area is 108 Å². The molecule has 0 bridgehead atoms. The molecule has 18 heavy (non-hydrogen) atoms. The first-order chi connectivity index (χ1) is 8.75. The second kappa shape index (κ2) is 6.59. The molecule has 0 N–H and O–H groups in total. The standard InChI is InChI=1S/C14H21NO3/c1-12-10-13(16)14(11-18-12)17-9-5-8-15-6-3-2-4-7-15/h10-11H,2-9H2,1H3. The van der Waals surface area contributed by atoms with Crippen molar-refractivity contribution in [3.63, 3.8) is 0 Å². The van der Waals surface area contributed by atoms with Crippen LogP contribution in [0.15, 0.2) is 21.5 Å². The molecule has 1 aromatic heterocycles. The average Bonchev–Trinajstić information content (AvgIpc) is 2.38. The fourth-order valence-electron chi connectivity index (χ4n) is 2.25. The number of aryl methyl sites for hydroxylation is 1. The van der Waals surface area contributed by atoms with Gasteiger partial charge < -0.3 is 14.1 Å². The van der Waals surface area contributed by atoms with Crippen molar-refractivity contribution in [2.45, 2.75) is 32.6 Å². The lowest BCUT2D eigenvalue weighted by atomic mass is 10.1. The summed E-state index contributed by atoms with van der Waals surface area (Å²) in [6, 6.07) is 1.46. The van der Waals surface area contributed by atoms with Crippen LogP contribution in [0.1, 0.15) is 31.4 Å². The third-order valence-corrected chi connectivity index (χ3v) is 3.25. The second-order valence-corrected chi connectivity index (χ2v) is 4.82. The van der Waals surface area contributed by atoms with Gasteiger partial charge in [0.2, 0.25) is 11.2 Å². The highest BCUT2D eigenvalue weighted by Gasteiger charge is 2.09. The van der Waals surface area contributed by atoms with E-state index in [0.717, 1.165) is 13.0 Å². The summed E-state index contributed by atoms with van der Waals surface area (Å²) < 4.78 is 10.6. The lowest BCUT2D eigenvalue weighted by Gasteiger charge is -2.26. The summed E-state index contributed by atoms with van der Waals surface area (Å²) in [4.78, 5) is 14.0. The maximum atomic E-state index is 11.5. The lowest BCUT2D eigenvalue weighted by molar-refractivity contribution is 0.203. The number of piperidine rings is 1. The van der Waals surface area contributed by atoms with Gasteiger partial charge in [0.15, 0.2) is 0 Å². The average molecular weight is 251 g/mol. The normalized spacial score (nSPS) is 16.7. The van der Waals surface area contributed by atoms with E-state index >= 15 is 0 Å². The smallest absolute Gasteiger partial charge is 0.226 e. The molecule has 100 valence electrons. The molecule has 0 spiro atoms. The van der Waals surface area contributed by atoms with Crippen LogP contribution in [0.3, 0.4) is 0 Å². The molecule has 1 aliphatic heterocycles. The van der Waals surface area contributed by atoms with Crippen LogP contribution >= 0.6 is 0 Å². The van der Waals surface area contributed by atoms with Crippen LogP contribution in [0.5, 0.6) is 5.75 Å². The minimum atomic E-state index is -0.100. The van der Waals surface area contributed by atoms with Crippen molar-refractivity contribution in [2.75, 3.05) is 26.2 Å². The van der Waals surface area contributed by atoms with Crippen molar-refractivity contribution in [1.29, 1.82) is 0 Å². The summed E-state index contributed by atoms with van der Waals surface area (Å²) in [5, 5.41) is 0. The Hall–Kier alpha value is -1.29. The zero-order chi connectivity index (χ0) is 12.8. The number of ether oxygens (including phenoxy) is 1. The molecule has 1 saturated heterocycles. The van der Waals surface area contributed by atoms with Crippen molar-refractivity contribution in [3.05, 3.63) is 28.3 Å². The summed E-state index contributed by atoms with van der Waals surface area (Å²) in [5.74, 6) is 0.930. The quantitative estimate of drug-likeness (QED) is 0.752. The van der Waals surface area contributed by atoms with E-state index < -0.39 is 0 Å². The minimum absolute atomic E-state index is 0.100. The third kappa shape index (κ3) is 3.88.